The average molecular weight is 1740 g/mol. The van der Waals surface area contributed by atoms with Gasteiger partial charge in [0.25, 0.3) is 0 Å². The fraction of sp³-hybridized carbons (Fsp3) is 0.530. The molecule has 0 radical (unpaired) electrons. The van der Waals surface area contributed by atoms with Gasteiger partial charge in [-0.2, -0.15) is 35.3 Å². The Morgan fingerprint density at radius 2 is 1.25 bits per heavy atom. The number of nitrogens with one attached hydrogen (secondary N) is 9. The van der Waals surface area contributed by atoms with Gasteiger partial charge in [0.05, 0.1) is 60.8 Å². The SMILES string of the molecule is CSCC[C@H](CC(C)=O)C(=O)N[C@H]1CSCc2cccc(c2)CSC[C@@H](C(=O)C[C@@H](CC(=O)O)C(=O)N[C@@H](Cc2c[nH]cn2)C(=O)C[C@H](Cc2ccccc2)C(=O)N[C@@H](CCCCC(=N)N)C(=O)N[C@@H](CC(=O)O)C(N)=O)NC(=O)[C@H](Cc2ccccc2)CC(=O)[C@H](CCC(=O)O)NC(=O)[C@H]([C@@H](C)O)NC(=O)[C@@H]2CCCN2C(=O)[C@@H]2CCCN2C1=O. The minimum absolute atomic E-state index is 0.0140. The Morgan fingerprint density at radius 1 is 0.628 bits per heavy atom. The summed E-state index contributed by atoms with van der Waals surface area (Å²) in [5.41, 5.74) is 13.7. The third-order valence-corrected chi connectivity index (χ3v) is 24.0. The highest BCUT2D eigenvalue weighted by Gasteiger charge is 2.46. The Balaban J connectivity index is 1.25. The van der Waals surface area contributed by atoms with E-state index < -0.39 is 223 Å². The number of aliphatic carboxylic acids is 3. The quantitative estimate of drug-likeness (QED) is 0.0173. The van der Waals surface area contributed by atoms with Gasteiger partial charge < -0.3 is 88.7 Å². The first kappa shape index (κ1) is 97.3. The zero-order chi connectivity index (χ0) is 88.4. The van der Waals surface area contributed by atoms with Crippen LogP contribution in [0.4, 0.5) is 0 Å². The molecule has 3 aromatic carbocycles. The van der Waals surface area contributed by atoms with Crippen LogP contribution in [0.15, 0.2) is 97.5 Å². The average Bonchev–Trinajstić information content (AvgIpc) is 1.67. The molecule has 2 saturated heterocycles. The third kappa shape index (κ3) is 31.9. The van der Waals surface area contributed by atoms with E-state index in [4.69, 9.17) is 16.9 Å². The number of rotatable bonds is 39. The Kier molecular flexibility index (Phi) is 39.5. The summed E-state index contributed by atoms with van der Waals surface area (Å²) >= 11 is 3.89. The lowest BCUT2D eigenvalue weighted by molar-refractivity contribution is -0.148. The summed E-state index contributed by atoms with van der Waals surface area (Å²) < 4.78 is 0. The Hall–Kier alpha value is -10.9. The maximum absolute atomic E-state index is 15.4. The number of hydrogen-bond donors (Lipinski definition) is 15. The number of carbonyl (C=O) groups is 17. The van der Waals surface area contributed by atoms with Gasteiger partial charge in [-0.1, -0.05) is 91.3 Å². The second-order valence-corrected chi connectivity index (χ2v) is 33.8. The molecule has 0 unspecified atom stereocenters. The second kappa shape index (κ2) is 49.2. The molecule has 2 bridgehead atoms. The van der Waals surface area contributed by atoms with E-state index in [1.165, 1.54) is 59.7 Å². The number of amides is 10. The summed E-state index contributed by atoms with van der Waals surface area (Å²) in [6, 6.07) is 10.3. The second-order valence-electron chi connectivity index (χ2n) is 30.8. The van der Waals surface area contributed by atoms with E-state index in [1.54, 1.807) is 72.8 Å². The van der Waals surface area contributed by atoms with Crippen molar-refractivity contribution in [3.05, 3.63) is 125 Å². The smallest absolute Gasteiger partial charge is 0.305 e. The van der Waals surface area contributed by atoms with Crippen LogP contribution in [0.5, 0.6) is 0 Å². The predicted octanol–water partition coefficient (Wildman–Crippen LogP) is 2.24. The number of primary amides is 1. The molecule has 1 aromatic heterocycles. The van der Waals surface area contributed by atoms with Crippen molar-refractivity contribution in [3.63, 3.8) is 0 Å². The first-order chi connectivity index (χ1) is 57.7. The molecule has 0 spiro atoms. The van der Waals surface area contributed by atoms with Crippen molar-refractivity contribution < 1.29 is 102 Å². The number of H-pyrrole nitrogens is 1. The third-order valence-electron chi connectivity index (χ3n) is 21.1. The molecule has 3 aliphatic heterocycles. The molecule has 38 heteroatoms. The number of imidazole rings is 1. The number of unbranched alkanes of at least 4 members (excludes halogenated alkanes) is 1. The fourth-order valence-corrected chi connectivity index (χ4v) is 17.3. The predicted molar refractivity (Wildman–Crippen MR) is 448 cm³/mol. The Bertz CT molecular complexity index is 4320. The Labute approximate surface area is 713 Å². The summed E-state index contributed by atoms with van der Waals surface area (Å²) in [5.74, 6) is -21.1. The first-order valence-electron chi connectivity index (χ1n) is 40.2. The number of aromatic nitrogens is 2. The number of carboxylic acids is 3. The van der Waals surface area contributed by atoms with E-state index in [0.717, 1.165) is 17.3 Å². The Morgan fingerprint density at radius 3 is 1.85 bits per heavy atom. The van der Waals surface area contributed by atoms with Crippen molar-refractivity contribution in [1.29, 1.82) is 5.41 Å². The van der Waals surface area contributed by atoms with Gasteiger partial charge in [0.1, 0.15) is 42.0 Å². The van der Waals surface area contributed by atoms with Crippen LogP contribution in [-0.4, -0.2) is 243 Å². The zero-order valence-corrected chi connectivity index (χ0v) is 70.3. The van der Waals surface area contributed by atoms with Crippen LogP contribution < -0.4 is 48.7 Å². The summed E-state index contributed by atoms with van der Waals surface area (Å²) in [6.07, 6.45) is -1.88. The minimum atomic E-state index is -1.84. The standard InChI is InChI=1S/C83H110N14O21S3/c1-47(98)31-53(27-30-119-3)75(110)94-63-45-121-43-52-20-12-19-51(32-52)42-120-44-62(93-77(112)54(33-49-15-6-4-7-16-49)35-66(100)58(25-26-70(103)104)89-81(116)73(48(2)99)95-80(115)64-22-13-28-96(64)83(118)65-23-14-29-97(65)82(63)117)68(102)37-56(38-71(105)106)78(113)91-60(39-57-41-87-46-88-57)67(101)36-55(34-50-17-8-5-9-18-50)76(111)90-59(21-10-11-24-69(84)85)79(114)92-61(74(86)109)40-72(107)108/h4-9,12,15-20,32,41,46,48,53-56,58-65,73,99H,10-11,13-14,21-31,33-40,42-45H2,1-3H3,(H3,84,85)(H2,86,109)(H,87,88)(H,89,116)(H,90,111)(H,91,113)(H,92,114)(H,93,112)(H,94,110)(H,95,115)(H,103,104)(H,105,106)(H,107,108)/t48-,53-,54-,55+,56+,58+,59+,60+,61+,62+,63+,64+,65+,73+/m1/s1. The van der Waals surface area contributed by atoms with Gasteiger partial charge in [-0.15, -0.1) is 0 Å². The van der Waals surface area contributed by atoms with Crippen molar-refractivity contribution >= 4 is 141 Å². The van der Waals surface area contributed by atoms with Crippen molar-refractivity contribution in [2.75, 3.05) is 36.6 Å². The molecule has 2 fully saturated rings. The number of fused-ring (bicyclic) bond motifs is 4. The van der Waals surface area contributed by atoms with Gasteiger partial charge >= 0.3 is 17.9 Å². The maximum atomic E-state index is 15.4. The fourth-order valence-electron chi connectivity index (χ4n) is 14.8. The minimum Gasteiger partial charge on any atom is -0.481 e. The van der Waals surface area contributed by atoms with Gasteiger partial charge in [0, 0.05) is 105 Å². The largest absolute Gasteiger partial charge is 0.481 e. The van der Waals surface area contributed by atoms with Crippen LogP contribution in [0.25, 0.3) is 0 Å². The number of benzene rings is 3. The lowest BCUT2D eigenvalue weighted by Crippen LogP contribution is -2.60. The topological polar surface area (TPSA) is 566 Å². The highest BCUT2D eigenvalue weighted by atomic mass is 32.2. The van der Waals surface area contributed by atoms with Crippen molar-refractivity contribution in [3.8, 4) is 0 Å². The normalized spacial score (nSPS) is 20.9. The number of nitrogens with zero attached hydrogens (tertiary/aromatic N) is 3. The van der Waals surface area contributed by atoms with Crippen LogP contribution in [0.2, 0.25) is 0 Å². The summed E-state index contributed by atoms with van der Waals surface area (Å²) in [6.45, 7) is 2.71. The van der Waals surface area contributed by atoms with E-state index in [1.807, 2.05) is 18.4 Å². The van der Waals surface area contributed by atoms with Gasteiger partial charge in [-0.3, -0.25) is 82.1 Å². The lowest BCUT2D eigenvalue weighted by atomic mass is 9.88. The van der Waals surface area contributed by atoms with Crippen molar-refractivity contribution in [1.82, 2.24) is 57.0 Å². The monoisotopic (exact) mass is 1730 g/mol. The number of thioether (sulfide) groups is 3. The van der Waals surface area contributed by atoms with Crippen molar-refractivity contribution in [2.24, 2.45) is 35.1 Å². The number of hydrogen-bond acceptors (Lipinski definition) is 23. The number of carboxylic acid groups (broad SMARTS) is 3. The van der Waals surface area contributed by atoms with Crippen molar-refractivity contribution in [2.45, 2.75) is 214 Å². The van der Waals surface area contributed by atoms with Gasteiger partial charge in [-0.25, -0.2) is 4.98 Å². The number of amidine groups is 1. The number of Topliss-reactive ketones (excluding diaryl/α,β-unsaturated/α-hetero) is 4. The molecule has 4 heterocycles. The van der Waals surface area contributed by atoms with Crippen LogP contribution in [0, 0.1) is 29.1 Å². The molecular weight excluding hydrogens is 1630 g/mol. The number of nitrogens with two attached hydrogens (primary N) is 2. The van der Waals surface area contributed by atoms with Gasteiger partial charge in [0.15, 0.2) is 17.3 Å². The van der Waals surface area contributed by atoms with Gasteiger partial charge in [-0.05, 0) is 112 Å². The molecule has 3 aliphatic rings. The maximum Gasteiger partial charge on any atom is 0.305 e. The van der Waals surface area contributed by atoms with Crippen LogP contribution in [0.3, 0.4) is 0 Å². The van der Waals surface area contributed by atoms with Crippen LogP contribution >= 0.6 is 35.3 Å². The molecule has 14 atom stereocenters. The van der Waals surface area contributed by atoms with E-state index in [2.05, 4.69) is 47.2 Å². The van der Waals surface area contributed by atoms with Gasteiger partial charge in [0.2, 0.25) is 59.1 Å². The number of ketones is 4. The molecule has 7 rings (SSSR count). The highest BCUT2D eigenvalue weighted by molar-refractivity contribution is 7.99. The lowest BCUT2D eigenvalue weighted by Gasteiger charge is -2.34. The summed E-state index contributed by atoms with van der Waals surface area (Å²) in [7, 11) is 0. The van der Waals surface area contributed by atoms with Crippen LogP contribution in [0.1, 0.15) is 151 Å². The van der Waals surface area contributed by atoms with E-state index in [9.17, 15) is 78.0 Å². The molecule has 17 N–H and O–H groups in total. The van der Waals surface area contributed by atoms with Crippen LogP contribution in [-0.2, 0) is 112 Å². The summed E-state index contributed by atoms with van der Waals surface area (Å²) in [5, 5.41) is 67.1. The molecule has 121 heavy (non-hydrogen) atoms. The molecule has 4 aromatic rings. The molecule has 0 saturated carbocycles. The molecule has 35 nitrogen and oxygen atoms in total. The van der Waals surface area contributed by atoms with E-state index in [0.29, 0.717) is 41.7 Å². The first-order valence-corrected chi connectivity index (χ1v) is 43.9. The van der Waals surface area contributed by atoms with E-state index >= 15 is 24.0 Å². The molecule has 656 valence electrons. The molecule has 0 aliphatic carbocycles. The number of aromatic amines is 1. The number of aliphatic hydroxyl groups is 1. The molecule has 10 amide bonds. The zero-order valence-electron chi connectivity index (χ0n) is 67.9. The number of aliphatic hydroxyl groups excluding tert-OH is 1. The summed E-state index contributed by atoms with van der Waals surface area (Å²) in [4.78, 5) is 249. The number of carbonyl (C=O) groups excluding carboxylic acids is 14. The highest BCUT2D eigenvalue weighted by Crippen LogP contribution is 2.30. The van der Waals surface area contributed by atoms with E-state index in [-0.39, 0.29) is 118 Å². The molecular formula is C83H110N14O21S3.